The molecule has 0 fully saturated rings. The SMILES string of the molecule is N#Cc1nccnc1SCCS(=O)(=O)Cl. The molecule has 0 saturated heterocycles. The molecule has 0 unspecified atom stereocenters. The molecule has 1 aromatic heterocycles. The van der Waals surface area contributed by atoms with E-state index < -0.39 is 9.05 Å². The van der Waals surface area contributed by atoms with Gasteiger partial charge in [0.15, 0.2) is 5.69 Å². The molecule has 1 aromatic rings. The monoisotopic (exact) mass is 263 g/mol. The molecule has 80 valence electrons. The summed E-state index contributed by atoms with van der Waals surface area (Å²) < 4.78 is 21.3. The Bertz CT molecular complexity index is 483. The van der Waals surface area contributed by atoms with Crippen molar-refractivity contribution in [1.82, 2.24) is 9.97 Å². The maximum absolute atomic E-state index is 10.6. The fraction of sp³-hybridized carbons (Fsp3) is 0.286. The van der Waals surface area contributed by atoms with Gasteiger partial charge < -0.3 is 0 Å². The highest BCUT2D eigenvalue weighted by Crippen LogP contribution is 2.18. The van der Waals surface area contributed by atoms with E-state index in [0.717, 1.165) is 11.8 Å². The van der Waals surface area contributed by atoms with E-state index in [9.17, 15) is 8.42 Å². The molecule has 0 aliphatic rings. The fourth-order valence-corrected chi connectivity index (χ4v) is 3.01. The van der Waals surface area contributed by atoms with E-state index >= 15 is 0 Å². The summed E-state index contributed by atoms with van der Waals surface area (Å²) in [5.41, 5.74) is 0.189. The molecule has 15 heavy (non-hydrogen) atoms. The van der Waals surface area contributed by atoms with Crippen LogP contribution in [0.1, 0.15) is 5.69 Å². The van der Waals surface area contributed by atoms with Crippen molar-refractivity contribution in [2.75, 3.05) is 11.5 Å². The van der Waals surface area contributed by atoms with Gasteiger partial charge in [0.05, 0.1) is 5.75 Å². The highest BCUT2D eigenvalue weighted by atomic mass is 35.7. The van der Waals surface area contributed by atoms with Gasteiger partial charge >= 0.3 is 0 Å². The highest BCUT2D eigenvalue weighted by molar-refractivity contribution is 8.14. The summed E-state index contributed by atoms with van der Waals surface area (Å²) in [6.07, 6.45) is 2.85. The molecule has 0 aromatic carbocycles. The number of halogens is 1. The van der Waals surface area contributed by atoms with Crippen LogP contribution in [0.4, 0.5) is 0 Å². The maximum Gasteiger partial charge on any atom is 0.233 e. The lowest BCUT2D eigenvalue weighted by Crippen LogP contribution is -2.00. The zero-order valence-electron chi connectivity index (χ0n) is 7.42. The Labute approximate surface area is 95.9 Å². The van der Waals surface area contributed by atoms with Gasteiger partial charge in [0.25, 0.3) is 0 Å². The van der Waals surface area contributed by atoms with Gasteiger partial charge in [-0.1, -0.05) is 0 Å². The molecule has 0 bridgehead atoms. The minimum absolute atomic E-state index is 0.166. The standard InChI is InChI=1S/C7H6ClN3O2S2/c8-15(12,13)4-3-14-7-6(5-9)10-1-2-11-7/h1-2H,3-4H2. The van der Waals surface area contributed by atoms with Crippen molar-refractivity contribution in [3.63, 3.8) is 0 Å². The van der Waals surface area contributed by atoms with Crippen molar-refractivity contribution in [2.45, 2.75) is 5.03 Å². The van der Waals surface area contributed by atoms with Crippen molar-refractivity contribution >= 4 is 31.5 Å². The van der Waals surface area contributed by atoms with E-state index in [-0.39, 0.29) is 17.2 Å². The van der Waals surface area contributed by atoms with Crippen molar-refractivity contribution in [2.24, 2.45) is 0 Å². The van der Waals surface area contributed by atoms with E-state index in [0.29, 0.717) is 5.03 Å². The van der Waals surface area contributed by atoms with Crippen molar-refractivity contribution in [3.05, 3.63) is 18.1 Å². The summed E-state index contributed by atoms with van der Waals surface area (Å²) in [7, 11) is 1.54. The van der Waals surface area contributed by atoms with Crippen molar-refractivity contribution in [1.29, 1.82) is 5.26 Å². The topological polar surface area (TPSA) is 83.7 Å². The third kappa shape index (κ3) is 4.46. The molecule has 5 nitrogen and oxygen atoms in total. The molecule has 0 N–H and O–H groups in total. The molecule has 0 atom stereocenters. The molecule has 0 saturated carbocycles. The Morgan fingerprint density at radius 3 is 2.73 bits per heavy atom. The highest BCUT2D eigenvalue weighted by Gasteiger charge is 2.08. The summed E-state index contributed by atoms with van der Waals surface area (Å²) in [4.78, 5) is 7.69. The predicted molar refractivity (Wildman–Crippen MR) is 57.1 cm³/mol. The van der Waals surface area contributed by atoms with Crippen molar-refractivity contribution < 1.29 is 8.42 Å². The number of hydrogen-bond acceptors (Lipinski definition) is 6. The average molecular weight is 264 g/mol. The van der Waals surface area contributed by atoms with E-state index in [4.69, 9.17) is 15.9 Å². The first-order valence-electron chi connectivity index (χ1n) is 3.79. The summed E-state index contributed by atoms with van der Waals surface area (Å²) in [5, 5.41) is 9.08. The summed E-state index contributed by atoms with van der Waals surface area (Å²) in [6.45, 7) is 0. The van der Waals surface area contributed by atoms with Crippen LogP contribution >= 0.6 is 22.4 Å². The molecule has 0 amide bonds. The number of rotatable bonds is 4. The van der Waals surface area contributed by atoms with Crippen LogP contribution in [-0.2, 0) is 9.05 Å². The van der Waals surface area contributed by atoms with Crippen LogP contribution in [0.15, 0.2) is 17.4 Å². The zero-order valence-corrected chi connectivity index (χ0v) is 9.81. The van der Waals surface area contributed by atoms with E-state index in [2.05, 4.69) is 9.97 Å². The van der Waals surface area contributed by atoms with Crippen molar-refractivity contribution in [3.8, 4) is 6.07 Å². The third-order valence-electron chi connectivity index (χ3n) is 1.34. The fourth-order valence-electron chi connectivity index (χ4n) is 0.745. The third-order valence-corrected chi connectivity index (χ3v) is 3.73. The summed E-state index contributed by atoms with van der Waals surface area (Å²) >= 11 is 1.14. The summed E-state index contributed by atoms with van der Waals surface area (Å²) in [6, 6.07) is 1.87. The Hall–Kier alpha value is -0.840. The van der Waals surface area contributed by atoms with Gasteiger partial charge in [0.1, 0.15) is 11.1 Å². The quantitative estimate of drug-likeness (QED) is 0.595. The molecule has 1 rings (SSSR count). The Morgan fingerprint density at radius 2 is 2.13 bits per heavy atom. The first-order chi connectivity index (χ1) is 7.03. The zero-order chi connectivity index (χ0) is 11.3. The second-order valence-corrected chi connectivity index (χ2v) is 6.39. The minimum Gasteiger partial charge on any atom is -0.245 e. The maximum atomic E-state index is 10.6. The minimum atomic E-state index is -3.49. The van der Waals surface area contributed by atoms with Gasteiger partial charge in [0.2, 0.25) is 9.05 Å². The van der Waals surface area contributed by atoms with Gasteiger partial charge in [-0.05, 0) is 0 Å². The first-order valence-corrected chi connectivity index (χ1v) is 7.25. The number of aromatic nitrogens is 2. The van der Waals surface area contributed by atoms with Crippen LogP contribution in [0, 0.1) is 11.3 Å². The van der Waals surface area contributed by atoms with Crippen LogP contribution in [0.2, 0.25) is 0 Å². The predicted octanol–water partition coefficient (Wildman–Crippen LogP) is 1.01. The number of thioether (sulfide) groups is 1. The molecular weight excluding hydrogens is 258 g/mol. The van der Waals surface area contributed by atoms with Crippen LogP contribution in [0.5, 0.6) is 0 Å². The lowest BCUT2D eigenvalue weighted by Gasteiger charge is -1.99. The first kappa shape index (κ1) is 12.2. The van der Waals surface area contributed by atoms with Gasteiger partial charge in [0, 0.05) is 28.8 Å². The number of nitrogens with zero attached hydrogens (tertiary/aromatic N) is 3. The largest absolute Gasteiger partial charge is 0.245 e. The molecule has 0 aliphatic heterocycles. The van der Waals surface area contributed by atoms with E-state index in [1.807, 2.05) is 6.07 Å². The Morgan fingerprint density at radius 1 is 1.47 bits per heavy atom. The van der Waals surface area contributed by atoms with Gasteiger partial charge in [-0.15, -0.1) is 11.8 Å². The average Bonchev–Trinajstić information content (AvgIpc) is 2.16. The van der Waals surface area contributed by atoms with Crippen LogP contribution in [0.25, 0.3) is 0 Å². The number of hydrogen-bond donors (Lipinski definition) is 0. The van der Waals surface area contributed by atoms with Gasteiger partial charge in [-0.3, -0.25) is 0 Å². The van der Waals surface area contributed by atoms with Crippen LogP contribution in [0.3, 0.4) is 0 Å². The number of nitriles is 1. The summed E-state index contributed by atoms with van der Waals surface area (Å²) in [5.74, 6) is 0.0832. The van der Waals surface area contributed by atoms with Crippen LogP contribution in [-0.4, -0.2) is 29.9 Å². The second kappa shape index (κ2) is 5.30. The molecule has 0 spiro atoms. The molecule has 1 heterocycles. The lowest BCUT2D eigenvalue weighted by molar-refractivity contribution is 0.611. The Balaban J connectivity index is 2.63. The smallest absolute Gasteiger partial charge is 0.233 e. The van der Waals surface area contributed by atoms with Crippen LogP contribution < -0.4 is 0 Å². The molecule has 8 heteroatoms. The normalized spacial score (nSPS) is 10.9. The molecular formula is C7H6ClN3O2S2. The Kier molecular flexibility index (Phi) is 4.32. The van der Waals surface area contributed by atoms with Gasteiger partial charge in [-0.2, -0.15) is 5.26 Å². The van der Waals surface area contributed by atoms with Gasteiger partial charge in [-0.25, -0.2) is 18.4 Å². The molecule has 0 aliphatic carbocycles. The second-order valence-electron chi connectivity index (χ2n) is 2.41. The van der Waals surface area contributed by atoms with E-state index in [1.54, 1.807) is 0 Å². The van der Waals surface area contributed by atoms with E-state index in [1.165, 1.54) is 12.4 Å². The molecule has 0 radical (unpaired) electrons. The lowest BCUT2D eigenvalue weighted by atomic mass is 10.5.